The molecule has 1 rings (SSSR count). The average Bonchev–Trinajstić information content (AvgIpc) is 2.72. The van der Waals surface area contributed by atoms with Crippen LogP contribution in [-0.2, 0) is 11.3 Å². The summed E-state index contributed by atoms with van der Waals surface area (Å²) in [6.07, 6.45) is -4.20. The second kappa shape index (κ2) is 5.81. The maximum absolute atomic E-state index is 12.1. The maximum atomic E-state index is 12.1. The Morgan fingerprint density at radius 2 is 2.05 bits per heavy atom. The van der Waals surface area contributed by atoms with Crippen molar-refractivity contribution < 1.29 is 22.8 Å². The summed E-state index contributed by atoms with van der Waals surface area (Å²) in [6.45, 7) is 3.96. The van der Waals surface area contributed by atoms with Crippen molar-refractivity contribution in [1.29, 1.82) is 0 Å². The number of hydrogen-bond acceptors (Lipinski definition) is 4. The SMILES string of the molecule is CC(C)CNC(=O)Cn1cc(C(=O)C(F)(F)F)nn1. The molecule has 0 aliphatic rings. The molecule has 1 aromatic heterocycles. The van der Waals surface area contributed by atoms with Gasteiger partial charge < -0.3 is 5.32 Å². The van der Waals surface area contributed by atoms with Gasteiger partial charge in [0.25, 0.3) is 5.78 Å². The van der Waals surface area contributed by atoms with Gasteiger partial charge in [-0.05, 0) is 5.92 Å². The zero-order valence-electron chi connectivity index (χ0n) is 10.4. The van der Waals surface area contributed by atoms with Gasteiger partial charge in [0.2, 0.25) is 5.91 Å². The summed E-state index contributed by atoms with van der Waals surface area (Å²) in [5, 5.41) is 8.96. The van der Waals surface area contributed by atoms with Crippen LogP contribution in [0.15, 0.2) is 6.20 Å². The number of hydrogen-bond donors (Lipinski definition) is 1. The molecule has 6 nitrogen and oxygen atoms in total. The molecule has 0 saturated heterocycles. The van der Waals surface area contributed by atoms with Crippen molar-refractivity contribution in [1.82, 2.24) is 20.3 Å². The molecule has 0 spiro atoms. The van der Waals surface area contributed by atoms with Crippen LogP contribution in [0.2, 0.25) is 0 Å². The number of aromatic nitrogens is 3. The van der Waals surface area contributed by atoms with Gasteiger partial charge in [0.05, 0.1) is 6.20 Å². The first-order valence-corrected chi connectivity index (χ1v) is 5.48. The number of ketones is 1. The third kappa shape index (κ3) is 4.68. The molecule has 0 radical (unpaired) electrons. The highest BCUT2D eigenvalue weighted by molar-refractivity contribution is 5.98. The fraction of sp³-hybridized carbons (Fsp3) is 0.600. The number of nitrogens with zero attached hydrogens (tertiary/aromatic N) is 3. The Kier molecular flexibility index (Phi) is 4.62. The molecule has 0 bridgehead atoms. The highest BCUT2D eigenvalue weighted by Crippen LogP contribution is 2.19. The van der Waals surface area contributed by atoms with E-state index in [1.165, 1.54) is 0 Å². The van der Waals surface area contributed by atoms with E-state index in [1.54, 1.807) is 0 Å². The fourth-order valence-electron chi connectivity index (χ4n) is 1.15. The Bertz CT molecular complexity index is 468. The average molecular weight is 278 g/mol. The third-order valence-electron chi connectivity index (χ3n) is 2.04. The van der Waals surface area contributed by atoms with Crippen molar-refractivity contribution in [2.45, 2.75) is 26.6 Å². The first-order valence-electron chi connectivity index (χ1n) is 5.48. The highest BCUT2D eigenvalue weighted by atomic mass is 19.4. The summed E-state index contributed by atoms with van der Waals surface area (Å²) in [7, 11) is 0. The molecule has 0 atom stereocenters. The molecule has 1 heterocycles. The first kappa shape index (κ1) is 15.1. The summed E-state index contributed by atoms with van der Waals surface area (Å²) in [6, 6.07) is 0. The van der Waals surface area contributed by atoms with Gasteiger partial charge in [-0.1, -0.05) is 19.1 Å². The van der Waals surface area contributed by atoms with E-state index in [2.05, 4.69) is 15.6 Å². The second-order valence-corrected chi connectivity index (χ2v) is 4.33. The van der Waals surface area contributed by atoms with E-state index < -0.39 is 23.6 Å². The molecule has 0 unspecified atom stereocenters. The highest BCUT2D eigenvalue weighted by Gasteiger charge is 2.41. The Morgan fingerprint density at radius 3 is 2.58 bits per heavy atom. The van der Waals surface area contributed by atoms with Crippen molar-refractivity contribution in [3.63, 3.8) is 0 Å². The normalized spacial score (nSPS) is 11.7. The van der Waals surface area contributed by atoms with Gasteiger partial charge in [-0.25, -0.2) is 4.68 Å². The van der Waals surface area contributed by atoms with Gasteiger partial charge in [-0.2, -0.15) is 13.2 Å². The van der Waals surface area contributed by atoms with E-state index in [4.69, 9.17) is 0 Å². The van der Waals surface area contributed by atoms with E-state index in [-0.39, 0.29) is 12.5 Å². The van der Waals surface area contributed by atoms with Crippen LogP contribution in [0.1, 0.15) is 24.3 Å². The van der Waals surface area contributed by atoms with E-state index >= 15 is 0 Å². The van der Waals surface area contributed by atoms with Crippen LogP contribution < -0.4 is 5.32 Å². The molecule has 0 fully saturated rings. The summed E-state index contributed by atoms with van der Waals surface area (Å²) in [5.41, 5.74) is -0.829. The number of rotatable bonds is 5. The lowest BCUT2D eigenvalue weighted by atomic mass is 10.2. The number of amides is 1. The molecule has 0 aliphatic heterocycles. The number of halogens is 3. The summed E-state index contributed by atoms with van der Waals surface area (Å²) >= 11 is 0. The van der Waals surface area contributed by atoms with Crippen molar-refractivity contribution >= 4 is 11.7 Å². The van der Waals surface area contributed by atoms with Crippen LogP contribution >= 0.6 is 0 Å². The van der Waals surface area contributed by atoms with E-state index in [1.807, 2.05) is 13.8 Å². The number of carbonyl (C=O) groups is 2. The van der Waals surface area contributed by atoms with Crippen molar-refractivity contribution in [3.8, 4) is 0 Å². The van der Waals surface area contributed by atoms with Crippen molar-refractivity contribution in [2.75, 3.05) is 6.54 Å². The summed E-state index contributed by atoms with van der Waals surface area (Å²) in [4.78, 5) is 22.2. The maximum Gasteiger partial charge on any atom is 0.456 e. The number of nitrogens with one attached hydrogen (secondary N) is 1. The lowest BCUT2D eigenvalue weighted by Gasteiger charge is -2.06. The second-order valence-electron chi connectivity index (χ2n) is 4.33. The Hall–Kier alpha value is -1.93. The predicted octanol–water partition coefficient (Wildman–Crippen LogP) is 0.795. The minimum Gasteiger partial charge on any atom is -0.354 e. The zero-order chi connectivity index (χ0) is 14.6. The van der Waals surface area contributed by atoms with E-state index in [0.29, 0.717) is 6.54 Å². The van der Waals surface area contributed by atoms with Crippen LogP contribution in [0.5, 0.6) is 0 Å². The largest absolute Gasteiger partial charge is 0.456 e. The number of carbonyl (C=O) groups excluding carboxylic acids is 2. The van der Waals surface area contributed by atoms with Crippen molar-refractivity contribution in [3.05, 3.63) is 11.9 Å². The standard InChI is InChI=1S/C10H13F3N4O2/c1-6(2)3-14-8(18)5-17-4-7(15-16-17)9(19)10(11,12)13/h4,6H,3,5H2,1-2H3,(H,14,18). The van der Waals surface area contributed by atoms with E-state index in [0.717, 1.165) is 10.9 Å². The van der Waals surface area contributed by atoms with Crippen LogP contribution in [0.4, 0.5) is 13.2 Å². The quantitative estimate of drug-likeness (QED) is 0.808. The molecule has 19 heavy (non-hydrogen) atoms. The molecule has 0 saturated carbocycles. The molecular formula is C10H13F3N4O2. The molecule has 1 N–H and O–H groups in total. The van der Waals surface area contributed by atoms with Gasteiger partial charge in [0.15, 0.2) is 5.69 Å². The third-order valence-corrected chi connectivity index (χ3v) is 2.04. The van der Waals surface area contributed by atoms with Gasteiger partial charge in [-0.3, -0.25) is 9.59 Å². The lowest BCUT2D eigenvalue weighted by Crippen LogP contribution is -2.30. The first-order chi connectivity index (χ1) is 8.70. The van der Waals surface area contributed by atoms with Crippen LogP contribution in [0.3, 0.4) is 0 Å². The van der Waals surface area contributed by atoms with Crippen LogP contribution in [0.25, 0.3) is 0 Å². The molecule has 106 valence electrons. The van der Waals surface area contributed by atoms with Gasteiger partial charge in [-0.15, -0.1) is 5.10 Å². The minimum atomic E-state index is -5.00. The van der Waals surface area contributed by atoms with Crippen LogP contribution in [0, 0.1) is 5.92 Å². The number of alkyl halides is 3. The lowest BCUT2D eigenvalue weighted by molar-refractivity contribution is -0.122. The molecule has 9 heteroatoms. The zero-order valence-corrected chi connectivity index (χ0v) is 10.4. The molecule has 1 amide bonds. The van der Waals surface area contributed by atoms with Crippen molar-refractivity contribution in [2.24, 2.45) is 5.92 Å². The topological polar surface area (TPSA) is 76.9 Å². The number of Topliss-reactive ketones (excluding diaryl/α,β-unsaturated/α-hetero) is 1. The molecule has 0 aliphatic carbocycles. The monoisotopic (exact) mass is 278 g/mol. The van der Waals surface area contributed by atoms with Crippen LogP contribution in [-0.4, -0.2) is 39.4 Å². The molecular weight excluding hydrogens is 265 g/mol. The molecule has 0 aromatic carbocycles. The fourth-order valence-corrected chi connectivity index (χ4v) is 1.15. The van der Waals surface area contributed by atoms with E-state index in [9.17, 15) is 22.8 Å². The molecule has 1 aromatic rings. The smallest absolute Gasteiger partial charge is 0.354 e. The Balaban J connectivity index is 2.61. The van der Waals surface area contributed by atoms with Gasteiger partial charge in [0, 0.05) is 6.54 Å². The Morgan fingerprint density at radius 1 is 1.42 bits per heavy atom. The summed E-state index contributed by atoms with van der Waals surface area (Å²) < 4.78 is 37.2. The minimum absolute atomic E-state index is 0.252. The Labute approximate surface area is 107 Å². The van der Waals surface area contributed by atoms with Gasteiger partial charge in [0.1, 0.15) is 6.54 Å². The summed E-state index contributed by atoms with van der Waals surface area (Å²) in [5.74, 6) is -2.24. The van der Waals surface area contributed by atoms with Gasteiger partial charge >= 0.3 is 6.18 Å². The predicted molar refractivity (Wildman–Crippen MR) is 58.3 cm³/mol.